The molecule has 0 radical (unpaired) electrons. The van der Waals surface area contributed by atoms with Crippen molar-refractivity contribution in [1.29, 1.82) is 0 Å². The summed E-state index contributed by atoms with van der Waals surface area (Å²) in [5, 5.41) is 5.83. The summed E-state index contributed by atoms with van der Waals surface area (Å²) in [5.41, 5.74) is 2.31. The summed E-state index contributed by atoms with van der Waals surface area (Å²) in [4.78, 5) is 20.2. The van der Waals surface area contributed by atoms with Crippen LogP contribution in [-0.4, -0.2) is 36.1 Å². The van der Waals surface area contributed by atoms with Crippen LogP contribution in [0.2, 0.25) is 0 Å². The first-order chi connectivity index (χ1) is 10.2. The van der Waals surface area contributed by atoms with E-state index >= 15 is 0 Å². The number of rotatable bonds is 6. The first-order valence-electron chi connectivity index (χ1n) is 6.63. The van der Waals surface area contributed by atoms with Gasteiger partial charge in [0.1, 0.15) is 5.69 Å². The molecule has 0 saturated heterocycles. The first kappa shape index (κ1) is 14.9. The minimum absolute atomic E-state index is 0.248. The molecule has 2 aromatic rings. The predicted octanol–water partition coefficient (Wildman–Crippen LogP) is 1.90. The number of methoxy groups -OCH3 is 1. The zero-order valence-electron chi connectivity index (χ0n) is 12.1. The maximum absolute atomic E-state index is 11.9. The van der Waals surface area contributed by atoms with E-state index in [0.717, 1.165) is 11.3 Å². The number of hydrogen-bond donors (Lipinski definition) is 2. The Morgan fingerprint density at radius 3 is 2.86 bits per heavy atom. The second-order valence-corrected chi connectivity index (χ2v) is 4.45. The summed E-state index contributed by atoms with van der Waals surface area (Å²) in [6.45, 7) is 2.90. The number of para-hydroxylation sites is 1. The molecular weight excluding hydrogens is 268 g/mol. The zero-order chi connectivity index (χ0) is 15.1. The number of hydrogen-bond acceptors (Lipinski definition) is 5. The number of carbonyl (C=O) groups excluding carboxylic acids is 1. The fourth-order valence-corrected chi connectivity index (χ4v) is 1.74. The van der Waals surface area contributed by atoms with Gasteiger partial charge in [-0.1, -0.05) is 18.2 Å². The van der Waals surface area contributed by atoms with Gasteiger partial charge in [-0.25, -0.2) is 9.97 Å². The molecule has 6 nitrogen and oxygen atoms in total. The summed E-state index contributed by atoms with van der Waals surface area (Å²) in [6.07, 6.45) is 1.55. The van der Waals surface area contributed by atoms with Crippen molar-refractivity contribution >= 4 is 17.5 Å². The van der Waals surface area contributed by atoms with Gasteiger partial charge in [-0.3, -0.25) is 4.79 Å². The zero-order valence-corrected chi connectivity index (χ0v) is 12.1. The van der Waals surface area contributed by atoms with Crippen LogP contribution in [0.1, 0.15) is 16.1 Å². The molecular formula is C15H18N4O2. The van der Waals surface area contributed by atoms with Crippen molar-refractivity contribution in [2.45, 2.75) is 6.92 Å². The van der Waals surface area contributed by atoms with Crippen molar-refractivity contribution in [3.05, 3.63) is 47.8 Å². The normalized spacial score (nSPS) is 10.2. The van der Waals surface area contributed by atoms with Crippen LogP contribution >= 0.6 is 0 Å². The molecule has 0 spiro atoms. The van der Waals surface area contributed by atoms with Crippen LogP contribution in [0.4, 0.5) is 11.6 Å². The van der Waals surface area contributed by atoms with E-state index in [1.165, 1.54) is 0 Å². The third-order valence-electron chi connectivity index (χ3n) is 2.87. The molecule has 1 aromatic heterocycles. The van der Waals surface area contributed by atoms with Gasteiger partial charge in [0.25, 0.3) is 5.91 Å². The Morgan fingerprint density at radius 1 is 1.29 bits per heavy atom. The van der Waals surface area contributed by atoms with E-state index < -0.39 is 0 Å². The first-order valence-corrected chi connectivity index (χ1v) is 6.63. The van der Waals surface area contributed by atoms with Crippen molar-refractivity contribution in [1.82, 2.24) is 15.3 Å². The summed E-state index contributed by atoms with van der Waals surface area (Å²) >= 11 is 0. The molecule has 2 N–H and O–H groups in total. The molecule has 6 heteroatoms. The van der Waals surface area contributed by atoms with E-state index in [1.807, 2.05) is 31.2 Å². The Labute approximate surface area is 123 Å². The van der Waals surface area contributed by atoms with E-state index in [-0.39, 0.29) is 5.91 Å². The smallest absolute Gasteiger partial charge is 0.270 e. The molecule has 0 aliphatic heterocycles. The molecule has 110 valence electrons. The van der Waals surface area contributed by atoms with Gasteiger partial charge in [-0.05, 0) is 24.6 Å². The minimum Gasteiger partial charge on any atom is -0.383 e. The minimum atomic E-state index is -0.248. The highest BCUT2D eigenvalue weighted by Gasteiger charge is 2.08. The molecule has 1 heterocycles. The molecule has 0 atom stereocenters. The van der Waals surface area contributed by atoms with Crippen LogP contribution in [0.5, 0.6) is 0 Å². The SMILES string of the molecule is COCCNC(=O)c1ccnc(Nc2ccccc2C)n1. The Bertz CT molecular complexity index is 616. The Morgan fingerprint density at radius 2 is 2.10 bits per heavy atom. The fourth-order valence-electron chi connectivity index (χ4n) is 1.74. The van der Waals surface area contributed by atoms with Crippen LogP contribution in [0.15, 0.2) is 36.5 Å². The lowest BCUT2D eigenvalue weighted by Gasteiger charge is -2.09. The number of amides is 1. The van der Waals surface area contributed by atoms with Crippen molar-refractivity contribution in [2.75, 3.05) is 25.6 Å². The predicted molar refractivity (Wildman–Crippen MR) is 80.7 cm³/mol. The second kappa shape index (κ2) is 7.35. The standard InChI is InChI=1S/C15H18N4O2/c1-11-5-3-4-6-12(11)18-15-17-8-7-13(19-15)14(20)16-9-10-21-2/h3-8H,9-10H2,1-2H3,(H,16,20)(H,17,18,19). The molecule has 0 aliphatic carbocycles. The highest BCUT2D eigenvalue weighted by atomic mass is 16.5. The Balaban J connectivity index is 2.07. The second-order valence-electron chi connectivity index (χ2n) is 4.45. The quantitative estimate of drug-likeness (QED) is 0.793. The molecule has 0 bridgehead atoms. The number of aryl methyl sites for hydroxylation is 1. The van der Waals surface area contributed by atoms with Crippen molar-refractivity contribution in [3.8, 4) is 0 Å². The number of benzene rings is 1. The molecule has 1 amide bonds. The summed E-state index contributed by atoms with van der Waals surface area (Å²) in [7, 11) is 1.58. The molecule has 0 saturated carbocycles. The number of aromatic nitrogens is 2. The van der Waals surface area contributed by atoms with Crippen molar-refractivity contribution in [2.24, 2.45) is 0 Å². The lowest BCUT2D eigenvalue weighted by Crippen LogP contribution is -2.27. The summed E-state index contributed by atoms with van der Waals surface area (Å²) < 4.78 is 4.88. The number of anilines is 2. The van der Waals surface area contributed by atoms with Gasteiger partial charge in [0.05, 0.1) is 6.61 Å². The average Bonchev–Trinajstić information content (AvgIpc) is 2.50. The molecule has 21 heavy (non-hydrogen) atoms. The van der Waals surface area contributed by atoms with Crippen molar-refractivity contribution < 1.29 is 9.53 Å². The van der Waals surface area contributed by atoms with Gasteiger partial charge in [-0.2, -0.15) is 0 Å². The number of ether oxygens (including phenoxy) is 1. The van der Waals surface area contributed by atoms with Gasteiger partial charge in [0.15, 0.2) is 0 Å². The van der Waals surface area contributed by atoms with E-state index in [9.17, 15) is 4.79 Å². The van der Waals surface area contributed by atoms with Gasteiger partial charge < -0.3 is 15.4 Å². The van der Waals surface area contributed by atoms with Crippen LogP contribution in [0, 0.1) is 6.92 Å². The van der Waals surface area contributed by atoms with Crippen LogP contribution in [0.3, 0.4) is 0 Å². The maximum atomic E-state index is 11.9. The van der Waals surface area contributed by atoms with Crippen LogP contribution < -0.4 is 10.6 Å². The van der Waals surface area contributed by atoms with Gasteiger partial charge >= 0.3 is 0 Å². The highest BCUT2D eigenvalue weighted by molar-refractivity contribution is 5.92. The van der Waals surface area contributed by atoms with Gasteiger partial charge in [0, 0.05) is 25.5 Å². The van der Waals surface area contributed by atoms with Crippen LogP contribution in [0.25, 0.3) is 0 Å². The maximum Gasteiger partial charge on any atom is 0.270 e. The number of nitrogens with one attached hydrogen (secondary N) is 2. The lowest BCUT2D eigenvalue weighted by atomic mass is 10.2. The molecule has 1 aromatic carbocycles. The fraction of sp³-hybridized carbons (Fsp3) is 0.267. The number of nitrogens with zero attached hydrogens (tertiary/aromatic N) is 2. The topological polar surface area (TPSA) is 76.1 Å². The molecule has 0 aliphatic rings. The summed E-state index contributed by atoms with van der Waals surface area (Å²) in [5.74, 6) is 0.144. The largest absolute Gasteiger partial charge is 0.383 e. The third kappa shape index (κ3) is 4.25. The monoisotopic (exact) mass is 286 g/mol. The summed E-state index contributed by atoms with van der Waals surface area (Å²) in [6, 6.07) is 9.39. The average molecular weight is 286 g/mol. The highest BCUT2D eigenvalue weighted by Crippen LogP contribution is 2.17. The van der Waals surface area contributed by atoms with E-state index in [0.29, 0.717) is 24.8 Å². The molecule has 0 unspecified atom stereocenters. The Hall–Kier alpha value is -2.47. The van der Waals surface area contributed by atoms with E-state index in [1.54, 1.807) is 19.4 Å². The number of carbonyl (C=O) groups is 1. The van der Waals surface area contributed by atoms with Gasteiger partial charge in [0.2, 0.25) is 5.95 Å². The lowest BCUT2D eigenvalue weighted by molar-refractivity contribution is 0.0932. The van der Waals surface area contributed by atoms with E-state index in [2.05, 4.69) is 20.6 Å². The van der Waals surface area contributed by atoms with Gasteiger partial charge in [-0.15, -0.1) is 0 Å². The molecule has 0 fully saturated rings. The van der Waals surface area contributed by atoms with Crippen LogP contribution in [-0.2, 0) is 4.74 Å². The molecule has 2 rings (SSSR count). The Kier molecular flexibility index (Phi) is 5.22. The van der Waals surface area contributed by atoms with E-state index in [4.69, 9.17) is 4.74 Å². The van der Waals surface area contributed by atoms with Crippen molar-refractivity contribution in [3.63, 3.8) is 0 Å². The third-order valence-corrected chi connectivity index (χ3v) is 2.87.